The first-order valence-electron chi connectivity index (χ1n) is 6.13. The van der Waals surface area contributed by atoms with E-state index >= 15 is 0 Å². The molecule has 1 aromatic carbocycles. The highest BCUT2D eigenvalue weighted by molar-refractivity contribution is 5.96. The number of rotatable bonds is 5. The molecule has 2 rings (SSSR count). The molecular formula is C14H18O3. The summed E-state index contributed by atoms with van der Waals surface area (Å²) in [7, 11) is 0. The lowest BCUT2D eigenvalue weighted by Gasteiger charge is -2.07. The third-order valence-electron chi connectivity index (χ3n) is 2.99. The molecule has 17 heavy (non-hydrogen) atoms. The van der Waals surface area contributed by atoms with E-state index in [1.165, 1.54) is 0 Å². The maximum absolute atomic E-state index is 12.0. The summed E-state index contributed by atoms with van der Waals surface area (Å²) in [5.74, 6) is 1.41. The number of ether oxygens (including phenoxy) is 2. The van der Waals surface area contributed by atoms with Crippen LogP contribution in [0.3, 0.4) is 0 Å². The monoisotopic (exact) mass is 234 g/mol. The quantitative estimate of drug-likeness (QED) is 0.735. The molecule has 92 valence electrons. The van der Waals surface area contributed by atoms with Crippen molar-refractivity contribution in [3.63, 3.8) is 0 Å². The van der Waals surface area contributed by atoms with Gasteiger partial charge in [-0.1, -0.05) is 0 Å². The Morgan fingerprint density at radius 3 is 2.76 bits per heavy atom. The van der Waals surface area contributed by atoms with Gasteiger partial charge >= 0.3 is 0 Å². The Balaban J connectivity index is 1.93. The maximum Gasteiger partial charge on any atom is 0.163 e. The van der Waals surface area contributed by atoms with Crippen LogP contribution in [0.4, 0.5) is 0 Å². The van der Waals surface area contributed by atoms with Crippen molar-refractivity contribution in [3.05, 3.63) is 29.8 Å². The molecule has 0 saturated carbocycles. The fraction of sp³-hybridized carbons (Fsp3) is 0.500. The van der Waals surface area contributed by atoms with E-state index in [0.29, 0.717) is 18.9 Å². The van der Waals surface area contributed by atoms with Crippen LogP contribution in [-0.2, 0) is 4.74 Å². The zero-order valence-corrected chi connectivity index (χ0v) is 10.1. The highest BCUT2D eigenvalue weighted by atomic mass is 16.5. The Hall–Kier alpha value is -1.35. The Kier molecular flexibility index (Phi) is 4.15. The number of ketones is 1. The smallest absolute Gasteiger partial charge is 0.163 e. The molecular weight excluding hydrogens is 216 g/mol. The van der Waals surface area contributed by atoms with E-state index in [1.807, 2.05) is 31.2 Å². The number of benzene rings is 1. The molecule has 1 heterocycles. The lowest BCUT2D eigenvalue weighted by molar-refractivity contribution is 0.0952. The predicted octanol–water partition coefficient (Wildman–Crippen LogP) is 2.69. The summed E-state index contributed by atoms with van der Waals surface area (Å²) in [6, 6.07) is 7.37. The summed E-state index contributed by atoms with van der Waals surface area (Å²) >= 11 is 0. The Labute approximate surface area is 102 Å². The van der Waals surface area contributed by atoms with Crippen LogP contribution in [0.1, 0.15) is 30.1 Å². The maximum atomic E-state index is 12.0. The van der Waals surface area contributed by atoms with Gasteiger partial charge in [-0.25, -0.2) is 0 Å². The van der Waals surface area contributed by atoms with Crippen LogP contribution < -0.4 is 4.74 Å². The van der Waals surface area contributed by atoms with Gasteiger partial charge in [0.2, 0.25) is 0 Å². The van der Waals surface area contributed by atoms with Gasteiger partial charge in [-0.05, 0) is 43.5 Å². The number of carbonyl (C=O) groups is 1. The summed E-state index contributed by atoms with van der Waals surface area (Å²) in [5, 5.41) is 0. The van der Waals surface area contributed by atoms with E-state index < -0.39 is 0 Å². The van der Waals surface area contributed by atoms with Crippen molar-refractivity contribution in [1.29, 1.82) is 0 Å². The molecule has 1 aliphatic heterocycles. The van der Waals surface area contributed by atoms with Gasteiger partial charge in [-0.2, -0.15) is 0 Å². The largest absolute Gasteiger partial charge is 0.494 e. The molecule has 1 atom stereocenters. The Morgan fingerprint density at radius 2 is 2.18 bits per heavy atom. The van der Waals surface area contributed by atoms with E-state index in [-0.39, 0.29) is 5.78 Å². The normalized spacial score (nSPS) is 19.2. The van der Waals surface area contributed by atoms with Crippen molar-refractivity contribution in [2.24, 2.45) is 5.92 Å². The van der Waals surface area contributed by atoms with Gasteiger partial charge in [0.25, 0.3) is 0 Å². The van der Waals surface area contributed by atoms with Gasteiger partial charge in [0.1, 0.15) is 5.75 Å². The van der Waals surface area contributed by atoms with E-state index in [9.17, 15) is 4.79 Å². The van der Waals surface area contributed by atoms with Crippen LogP contribution in [0.25, 0.3) is 0 Å². The minimum absolute atomic E-state index is 0.198. The molecule has 1 aliphatic rings. The van der Waals surface area contributed by atoms with Crippen molar-refractivity contribution >= 4 is 5.78 Å². The zero-order chi connectivity index (χ0) is 12.1. The molecule has 1 unspecified atom stereocenters. The summed E-state index contributed by atoms with van der Waals surface area (Å²) < 4.78 is 10.6. The highest BCUT2D eigenvalue weighted by Crippen LogP contribution is 2.20. The third-order valence-corrected chi connectivity index (χ3v) is 2.99. The van der Waals surface area contributed by atoms with Gasteiger partial charge in [0.15, 0.2) is 5.78 Å². The number of hydrogen-bond donors (Lipinski definition) is 0. The molecule has 0 bridgehead atoms. The van der Waals surface area contributed by atoms with Gasteiger partial charge in [0.05, 0.1) is 6.61 Å². The second-order valence-electron chi connectivity index (χ2n) is 4.31. The van der Waals surface area contributed by atoms with Crippen molar-refractivity contribution in [3.8, 4) is 5.75 Å². The van der Waals surface area contributed by atoms with Crippen LogP contribution in [0, 0.1) is 5.92 Å². The standard InChI is InChI=1S/C14H18O3/c1-2-17-13-5-3-12(4-6-13)14(15)9-11-7-8-16-10-11/h3-6,11H,2,7-10H2,1H3. The van der Waals surface area contributed by atoms with E-state index in [0.717, 1.165) is 30.9 Å². The summed E-state index contributed by atoms with van der Waals surface area (Å²) in [5.41, 5.74) is 0.764. The number of hydrogen-bond acceptors (Lipinski definition) is 3. The summed E-state index contributed by atoms with van der Waals surface area (Å²) in [6.45, 7) is 4.11. The minimum atomic E-state index is 0.198. The van der Waals surface area contributed by atoms with Crippen LogP contribution in [0.2, 0.25) is 0 Å². The van der Waals surface area contributed by atoms with Gasteiger partial charge in [-0.15, -0.1) is 0 Å². The van der Waals surface area contributed by atoms with Crippen molar-refractivity contribution in [2.45, 2.75) is 19.8 Å². The molecule has 3 heteroatoms. The Bertz CT molecular complexity index is 364. The second-order valence-corrected chi connectivity index (χ2v) is 4.31. The molecule has 1 saturated heterocycles. The molecule has 0 N–H and O–H groups in total. The molecule has 1 aromatic rings. The molecule has 1 fully saturated rings. The molecule has 0 aliphatic carbocycles. The zero-order valence-electron chi connectivity index (χ0n) is 10.1. The number of Topliss-reactive ketones (excluding diaryl/α,β-unsaturated/α-hetero) is 1. The highest BCUT2D eigenvalue weighted by Gasteiger charge is 2.19. The molecule has 0 aromatic heterocycles. The van der Waals surface area contributed by atoms with E-state index in [1.54, 1.807) is 0 Å². The summed E-state index contributed by atoms with van der Waals surface area (Å²) in [6.07, 6.45) is 1.59. The summed E-state index contributed by atoms with van der Waals surface area (Å²) in [4.78, 5) is 12.0. The van der Waals surface area contributed by atoms with Crippen LogP contribution in [0.5, 0.6) is 5.75 Å². The average molecular weight is 234 g/mol. The van der Waals surface area contributed by atoms with Gasteiger partial charge < -0.3 is 9.47 Å². The van der Waals surface area contributed by atoms with Gasteiger partial charge in [-0.3, -0.25) is 4.79 Å². The third kappa shape index (κ3) is 3.30. The second kappa shape index (κ2) is 5.82. The predicted molar refractivity (Wildman–Crippen MR) is 65.5 cm³/mol. The van der Waals surface area contributed by atoms with Gasteiger partial charge in [0, 0.05) is 25.2 Å². The molecule has 3 nitrogen and oxygen atoms in total. The van der Waals surface area contributed by atoms with Crippen molar-refractivity contribution in [2.75, 3.05) is 19.8 Å². The first-order valence-corrected chi connectivity index (χ1v) is 6.13. The van der Waals surface area contributed by atoms with Crippen LogP contribution in [-0.4, -0.2) is 25.6 Å². The fourth-order valence-electron chi connectivity index (χ4n) is 2.03. The lowest BCUT2D eigenvalue weighted by atomic mass is 9.98. The SMILES string of the molecule is CCOc1ccc(C(=O)CC2CCOC2)cc1. The Morgan fingerprint density at radius 1 is 1.41 bits per heavy atom. The van der Waals surface area contributed by atoms with E-state index in [4.69, 9.17) is 9.47 Å². The minimum Gasteiger partial charge on any atom is -0.494 e. The van der Waals surface area contributed by atoms with E-state index in [2.05, 4.69) is 0 Å². The fourth-order valence-corrected chi connectivity index (χ4v) is 2.03. The van der Waals surface area contributed by atoms with Crippen molar-refractivity contribution < 1.29 is 14.3 Å². The molecule has 0 radical (unpaired) electrons. The average Bonchev–Trinajstić information content (AvgIpc) is 2.83. The first kappa shape index (κ1) is 12.1. The first-order chi connectivity index (χ1) is 8.29. The number of carbonyl (C=O) groups excluding carboxylic acids is 1. The topological polar surface area (TPSA) is 35.5 Å². The molecule has 0 spiro atoms. The lowest BCUT2D eigenvalue weighted by Crippen LogP contribution is -2.08. The molecule has 0 amide bonds. The van der Waals surface area contributed by atoms with Crippen LogP contribution in [0.15, 0.2) is 24.3 Å². The van der Waals surface area contributed by atoms with Crippen LogP contribution >= 0.6 is 0 Å². The van der Waals surface area contributed by atoms with Crippen molar-refractivity contribution in [1.82, 2.24) is 0 Å².